The second-order valence-electron chi connectivity index (χ2n) is 7.76. The van der Waals surface area contributed by atoms with Crippen molar-refractivity contribution in [3.8, 4) is 0 Å². The van der Waals surface area contributed by atoms with Crippen molar-refractivity contribution < 1.29 is 24.2 Å². The van der Waals surface area contributed by atoms with Crippen molar-refractivity contribution in [3.05, 3.63) is 35.9 Å². The Bertz CT molecular complexity index is 610. The van der Waals surface area contributed by atoms with E-state index in [-0.39, 0.29) is 6.61 Å². The normalized spacial score (nSPS) is 19.7. The molecular weight excluding hydrogens is 334 g/mol. The van der Waals surface area contributed by atoms with Gasteiger partial charge in [0.15, 0.2) is 0 Å². The Morgan fingerprint density at radius 2 is 1.92 bits per heavy atom. The van der Waals surface area contributed by atoms with Crippen LogP contribution < -0.4 is 0 Å². The SMILES string of the molecule is C[C@H](C(=O)OCc1ccccc1)[C@@H](O)[C@@H]1CCCN1C(=O)OC(C)(C)C. The maximum atomic E-state index is 12.4. The minimum atomic E-state index is -0.992. The Morgan fingerprint density at radius 1 is 1.27 bits per heavy atom. The number of hydrogen-bond donors (Lipinski definition) is 1. The van der Waals surface area contributed by atoms with Crippen molar-refractivity contribution in [3.63, 3.8) is 0 Å². The molecule has 0 aromatic heterocycles. The lowest BCUT2D eigenvalue weighted by Crippen LogP contribution is -2.48. The standard InChI is InChI=1S/C20H29NO5/c1-14(18(23)25-13-15-9-6-5-7-10-15)17(22)16-11-8-12-21(16)19(24)26-20(2,3)4/h5-7,9-10,14,16-17,22H,8,11-13H2,1-4H3/t14-,16-,17+/m0/s1. The number of likely N-dealkylation sites (tertiary alicyclic amines) is 1. The Labute approximate surface area is 155 Å². The molecule has 26 heavy (non-hydrogen) atoms. The van der Waals surface area contributed by atoms with E-state index in [4.69, 9.17) is 9.47 Å². The lowest BCUT2D eigenvalue weighted by atomic mass is 9.96. The van der Waals surface area contributed by atoms with Gasteiger partial charge in [-0.3, -0.25) is 4.79 Å². The zero-order valence-electron chi connectivity index (χ0n) is 16.0. The molecule has 144 valence electrons. The van der Waals surface area contributed by atoms with E-state index >= 15 is 0 Å². The molecule has 0 radical (unpaired) electrons. The van der Waals surface area contributed by atoms with Gasteiger partial charge in [-0.1, -0.05) is 30.3 Å². The van der Waals surface area contributed by atoms with Crippen LogP contribution in [0.3, 0.4) is 0 Å². The number of carbonyl (C=O) groups is 2. The molecule has 0 unspecified atom stereocenters. The van der Waals surface area contributed by atoms with E-state index in [1.54, 1.807) is 27.7 Å². The van der Waals surface area contributed by atoms with Gasteiger partial charge >= 0.3 is 12.1 Å². The van der Waals surface area contributed by atoms with Crippen LogP contribution >= 0.6 is 0 Å². The Kier molecular flexibility index (Phi) is 6.64. The molecule has 3 atom stereocenters. The summed E-state index contributed by atoms with van der Waals surface area (Å²) in [5, 5.41) is 10.7. The second-order valence-corrected chi connectivity index (χ2v) is 7.76. The van der Waals surface area contributed by atoms with Gasteiger partial charge in [0.1, 0.15) is 12.2 Å². The van der Waals surface area contributed by atoms with Gasteiger partial charge < -0.3 is 19.5 Å². The number of esters is 1. The Hall–Kier alpha value is -2.08. The molecule has 1 aliphatic rings. The topological polar surface area (TPSA) is 76.1 Å². The number of ether oxygens (including phenoxy) is 2. The van der Waals surface area contributed by atoms with E-state index in [0.29, 0.717) is 13.0 Å². The highest BCUT2D eigenvalue weighted by Gasteiger charge is 2.40. The quantitative estimate of drug-likeness (QED) is 0.814. The number of nitrogens with zero attached hydrogens (tertiary/aromatic N) is 1. The molecule has 0 bridgehead atoms. The van der Waals surface area contributed by atoms with E-state index in [0.717, 1.165) is 12.0 Å². The predicted molar refractivity (Wildman–Crippen MR) is 97.4 cm³/mol. The van der Waals surface area contributed by atoms with Crippen molar-refractivity contribution in [1.29, 1.82) is 0 Å². The summed E-state index contributed by atoms with van der Waals surface area (Å²) in [6.07, 6.45) is -0.0408. The second kappa shape index (κ2) is 8.54. The van der Waals surface area contributed by atoms with E-state index < -0.39 is 35.7 Å². The molecule has 1 saturated heterocycles. The molecular formula is C20H29NO5. The molecule has 2 rings (SSSR count). The van der Waals surface area contributed by atoms with Gasteiger partial charge in [0.05, 0.1) is 18.1 Å². The molecule has 1 N–H and O–H groups in total. The van der Waals surface area contributed by atoms with Gasteiger partial charge in [0.25, 0.3) is 0 Å². The number of aliphatic hydroxyl groups is 1. The van der Waals surface area contributed by atoms with Gasteiger partial charge in [-0.15, -0.1) is 0 Å². The van der Waals surface area contributed by atoms with Crippen LogP contribution in [0, 0.1) is 5.92 Å². The predicted octanol–water partition coefficient (Wildman–Crippen LogP) is 3.13. The summed E-state index contributed by atoms with van der Waals surface area (Å²) >= 11 is 0. The maximum absolute atomic E-state index is 12.4. The average Bonchev–Trinajstić information content (AvgIpc) is 3.07. The third-order valence-corrected chi connectivity index (χ3v) is 4.43. The molecule has 1 fully saturated rings. The number of rotatable bonds is 5. The first kappa shape index (κ1) is 20.2. The molecule has 0 aliphatic carbocycles. The van der Waals surface area contributed by atoms with Crippen molar-refractivity contribution >= 4 is 12.1 Å². The first-order chi connectivity index (χ1) is 12.2. The van der Waals surface area contributed by atoms with Crippen LogP contribution in [0.4, 0.5) is 4.79 Å². The third kappa shape index (κ3) is 5.46. The summed E-state index contributed by atoms with van der Waals surface area (Å²) in [4.78, 5) is 26.2. The highest BCUT2D eigenvalue weighted by Crippen LogP contribution is 2.26. The van der Waals surface area contributed by atoms with Crippen molar-refractivity contribution in [2.45, 2.75) is 64.9 Å². The molecule has 1 heterocycles. The van der Waals surface area contributed by atoms with E-state index in [1.165, 1.54) is 4.90 Å². The van der Waals surface area contributed by atoms with E-state index in [1.807, 2.05) is 30.3 Å². The van der Waals surface area contributed by atoms with E-state index in [9.17, 15) is 14.7 Å². The van der Waals surface area contributed by atoms with Crippen molar-refractivity contribution in [1.82, 2.24) is 4.90 Å². The van der Waals surface area contributed by atoms with Crippen LogP contribution in [0.25, 0.3) is 0 Å². The lowest BCUT2D eigenvalue weighted by molar-refractivity contribution is -0.154. The van der Waals surface area contributed by atoms with Gasteiger partial charge in [-0.05, 0) is 46.1 Å². The average molecular weight is 363 g/mol. The molecule has 6 heteroatoms. The lowest BCUT2D eigenvalue weighted by Gasteiger charge is -2.32. The number of benzene rings is 1. The molecule has 1 aromatic carbocycles. The summed E-state index contributed by atoms with van der Waals surface area (Å²) in [6, 6.07) is 8.94. The smallest absolute Gasteiger partial charge is 0.410 e. The summed E-state index contributed by atoms with van der Waals surface area (Å²) in [5.41, 5.74) is 0.286. The fourth-order valence-corrected chi connectivity index (χ4v) is 3.03. The van der Waals surface area contributed by atoms with Gasteiger partial charge in [-0.25, -0.2) is 4.79 Å². The molecule has 1 aromatic rings. The summed E-state index contributed by atoms with van der Waals surface area (Å²) in [7, 11) is 0. The van der Waals surface area contributed by atoms with Crippen LogP contribution in [0.5, 0.6) is 0 Å². The number of amides is 1. The van der Waals surface area contributed by atoms with E-state index in [2.05, 4.69) is 0 Å². The fraction of sp³-hybridized carbons (Fsp3) is 0.600. The van der Waals surface area contributed by atoms with Crippen molar-refractivity contribution in [2.24, 2.45) is 5.92 Å². The zero-order chi connectivity index (χ0) is 19.3. The van der Waals surface area contributed by atoms with Gasteiger partial charge in [0.2, 0.25) is 0 Å². The molecule has 1 aliphatic heterocycles. The summed E-state index contributed by atoms with van der Waals surface area (Å²) in [5.74, 6) is -1.20. The van der Waals surface area contributed by atoms with Crippen LogP contribution in [-0.2, 0) is 20.9 Å². The van der Waals surface area contributed by atoms with Crippen molar-refractivity contribution in [2.75, 3.05) is 6.54 Å². The monoisotopic (exact) mass is 363 g/mol. The Morgan fingerprint density at radius 3 is 2.54 bits per heavy atom. The number of hydrogen-bond acceptors (Lipinski definition) is 5. The molecule has 0 spiro atoms. The van der Waals surface area contributed by atoms with Gasteiger partial charge in [-0.2, -0.15) is 0 Å². The Balaban J connectivity index is 1.94. The number of aliphatic hydroxyl groups excluding tert-OH is 1. The number of carbonyl (C=O) groups excluding carboxylic acids is 2. The minimum Gasteiger partial charge on any atom is -0.461 e. The largest absolute Gasteiger partial charge is 0.461 e. The minimum absolute atomic E-state index is 0.164. The van der Waals surface area contributed by atoms with Crippen LogP contribution in [0.15, 0.2) is 30.3 Å². The van der Waals surface area contributed by atoms with Crippen LogP contribution in [0.2, 0.25) is 0 Å². The van der Waals surface area contributed by atoms with Gasteiger partial charge in [0, 0.05) is 6.54 Å². The molecule has 1 amide bonds. The highest BCUT2D eigenvalue weighted by molar-refractivity contribution is 5.73. The first-order valence-electron chi connectivity index (χ1n) is 9.07. The summed E-state index contributed by atoms with van der Waals surface area (Å²) in [6.45, 7) is 7.71. The molecule has 6 nitrogen and oxygen atoms in total. The zero-order valence-corrected chi connectivity index (χ0v) is 16.0. The van der Waals surface area contributed by atoms with Crippen LogP contribution in [0.1, 0.15) is 46.1 Å². The molecule has 0 saturated carbocycles. The van der Waals surface area contributed by atoms with Crippen LogP contribution in [-0.4, -0.2) is 46.4 Å². The maximum Gasteiger partial charge on any atom is 0.410 e. The first-order valence-corrected chi connectivity index (χ1v) is 9.07. The third-order valence-electron chi connectivity index (χ3n) is 4.43. The summed E-state index contributed by atoms with van der Waals surface area (Å²) < 4.78 is 10.7. The highest BCUT2D eigenvalue weighted by atomic mass is 16.6. The fourth-order valence-electron chi connectivity index (χ4n) is 3.03.